The van der Waals surface area contributed by atoms with E-state index in [1.54, 1.807) is 36.5 Å². The number of carbonyl (C=O) groups excluding carboxylic acids is 3. The summed E-state index contributed by atoms with van der Waals surface area (Å²) < 4.78 is 6.75. The molecule has 0 bridgehead atoms. The molecule has 33 heavy (non-hydrogen) atoms. The van der Waals surface area contributed by atoms with Gasteiger partial charge in [-0.1, -0.05) is 18.2 Å². The first-order valence-electron chi connectivity index (χ1n) is 10.2. The van der Waals surface area contributed by atoms with E-state index in [9.17, 15) is 19.2 Å². The zero-order valence-electron chi connectivity index (χ0n) is 17.5. The van der Waals surface area contributed by atoms with E-state index in [-0.39, 0.29) is 17.7 Å². The van der Waals surface area contributed by atoms with Crippen LogP contribution in [0.3, 0.4) is 0 Å². The molecule has 4 aromatic rings. The molecule has 0 fully saturated rings. The second kappa shape index (κ2) is 7.83. The van der Waals surface area contributed by atoms with E-state index in [4.69, 9.17) is 4.74 Å². The molecule has 0 unspecified atom stereocenters. The predicted molar refractivity (Wildman–Crippen MR) is 119 cm³/mol. The zero-order valence-corrected chi connectivity index (χ0v) is 17.5. The molecular weight excluding hydrogens is 422 g/mol. The highest BCUT2D eigenvalue weighted by molar-refractivity contribution is 6.34. The summed E-state index contributed by atoms with van der Waals surface area (Å²) in [5, 5.41) is 0. The lowest BCUT2D eigenvalue weighted by Gasteiger charge is -2.14. The van der Waals surface area contributed by atoms with Gasteiger partial charge in [0, 0.05) is 12.3 Å². The number of benzene rings is 2. The minimum atomic E-state index is -0.615. The minimum Gasteiger partial charge on any atom is -0.456 e. The van der Waals surface area contributed by atoms with Gasteiger partial charge in [-0.05, 0) is 55.0 Å². The van der Waals surface area contributed by atoms with Crippen LogP contribution in [0.25, 0.3) is 5.65 Å². The average molecular weight is 439 g/mol. The molecule has 3 heterocycles. The number of amides is 2. The van der Waals surface area contributed by atoms with Gasteiger partial charge < -0.3 is 4.74 Å². The number of esters is 1. The summed E-state index contributed by atoms with van der Waals surface area (Å²) in [6.45, 7) is 1.67. The van der Waals surface area contributed by atoms with Crippen LogP contribution in [0.15, 0.2) is 77.7 Å². The number of aryl methyl sites for hydroxylation is 1. The molecule has 0 radical (unpaired) electrons. The van der Waals surface area contributed by atoms with Gasteiger partial charge >= 0.3 is 5.97 Å². The third-order valence-corrected chi connectivity index (χ3v) is 5.45. The molecule has 0 spiro atoms. The summed E-state index contributed by atoms with van der Waals surface area (Å²) in [7, 11) is 0. The largest absolute Gasteiger partial charge is 0.456 e. The van der Waals surface area contributed by atoms with Crippen molar-refractivity contribution < 1.29 is 19.1 Å². The van der Waals surface area contributed by atoms with Crippen molar-refractivity contribution in [1.29, 1.82) is 0 Å². The first-order chi connectivity index (χ1) is 15.9. The molecular formula is C25H17N3O5. The fourth-order valence-corrected chi connectivity index (χ4v) is 3.78. The Kier molecular flexibility index (Phi) is 4.82. The van der Waals surface area contributed by atoms with Crippen LogP contribution >= 0.6 is 0 Å². The molecule has 1 aliphatic heterocycles. The number of carbonyl (C=O) groups is 3. The van der Waals surface area contributed by atoms with Crippen LogP contribution < -0.4 is 10.5 Å². The van der Waals surface area contributed by atoms with Crippen molar-refractivity contribution in [1.82, 2.24) is 9.38 Å². The first kappa shape index (κ1) is 20.3. The number of pyridine rings is 1. The number of anilines is 1. The second-order valence-corrected chi connectivity index (χ2v) is 7.58. The molecule has 8 nitrogen and oxygen atoms in total. The first-order valence-corrected chi connectivity index (χ1v) is 10.2. The highest BCUT2D eigenvalue weighted by Crippen LogP contribution is 2.28. The van der Waals surface area contributed by atoms with Gasteiger partial charge in [0.25, 0.3) is 17.4 Å². The summed E-state index contributed by atoms with van der Waals surface area (Å²) in [4.78, 5) is 55.5. The molecule has 0 aliphatic carbocycles. The quantitative estimate of drug-likeness (QED) is 0.358. The number of rotatable bonds is 4. The van der Waals surface area contributed by atoms with Crippen LogP contribution in [0.5, 0.6) is 0 Å². The van der Waals surface area contributed by atoms with Gasteiger partial charge in [0.05, 0.1) is 28.1 Å². The molecule has 2 amide bonds. The third-order valence-electron chi connectivity index (χ3n) is 5.45. The Hall–Kier alpha value is -4.59. The Labute approximate surface area is 187 Å². The van der Waals surface area contributed by atoms with E-state index in [1.165, 1.54) is 34.7 Å². The summed E-state index contributed by atoms with van der Waals surface area (Å²) in [5.74, 6) is -1.43. The van der Waals surface area contributed by atoms with Crippen LogP contribution in [0.4, 0.5) is 5.69 Å². The number of nitrogens with zero attached hydrogens (tertiary/aromatic N) is 3. The maximum atomic E-state index is 12.6. The van der Waals surface area contributed by atoms with Crippen molar-refractivity contribution in [2.45, 2.75) is 13.5 Å². The van der Waals surface area contributed by atoms with Crippen molar-refractivity contribution in [3.8, 4) is 0 Å². The third kappa shape index (κ3) is 3.47. The van der Waals surface area contributed by atoms with E-state index in [1.807, 2.05) is 13.0 Å². The van der Waals surface area contributed by atoms with Gasteiger partial charge in [-0.3, -0.25) is 18.8 Å². The van der Waals surface area contributed by atoms with Gasteiger partial charge in [-0.25, -0.2) is 14.7 Å². The maximum Gasteiger partial charge on any atom is 0.338 e. The van der Waals surface area contributed by atoms with Crippen molar-refractivity contribution in [3.05, 3.63) is 111 Å². The number of hydrogen-bond donors (Lipinski definition) is 0. The zero-order chi connectivity index (χ0) is 23.1. The lowest BCUT2D eigenvalue weighted by molar-refractivity contribution is 0.0467. The van der Waals surface area contributed by atoms with Crippen molar-refractivity contribution in [2.75, 3.05) is 4.90 Å². The van der Waals surface area contributed by atoms with E-state index >= 15 is 0 Å². The summed E-state index contributed by atoms with van der Waals surface area (Å²) in [5.41, 5.74) is 2.69. The number of ether oxygens (including phenoxy) is 1. The van der Waals surface area contributed by atoms with Crippen LogP contribution in [0.2, 0.25) is 0 Å². The molecule has 2 aromatic heterocycles. The number of hydrogen-bond acceptors (Lipinski definition) is 6. The topological polar surface area (TPSA) is 98.0 Å². The summed E-state index contributed by atoms with van der Waals surface area (Å²) >= 11 is 0. The fourth-order valence-electron chi connectivity index (χ4n) is 3.78. The molecule has 5 rings (SSSR count). The Morgan fingerprint density at radius 3 is 2.24 bits per heavy atom. The van der Waals surface area contributed by atoms with E-state index < -0.39 is 17.8 Å². The Bertz CT molecular complexity index is 1470. The SMILES string of the molecule is Cc1cccn2c(=O)cc(COC(=O)c3ccc(N4C(=O)c5ccccc5C4=O)cc3)nc12. The van der Waals surface area contributed by atoms with Crippen molar-refractivity contribution in [3.63, 3.8) is 0 Å². The molecule has 0 saturated heterocycles. The van der Waals surface area contributed by atoms with Crippen molar-refractivity contribution >= 4 is 29.1 Å². The lowest BCUT2D eigenvalue weighted by Crippen LogP contribution is -2.29. The van der Waals surface area contributed by atoms with Crippen LogP contribution in [0, 0.1) is 6.92 Å². The number of aromatic nitrogens is 2. The Morgan fingerprint density at radius 2 is 1.58 bits per heavy atom. The molecule has 1 aliphatic rings. The molecule has 0 atom stereocenters. The molecule has 0 N–H and O–H groups in total. The summed E-state index contributed by atoms with van der Waals surface area (Å²) in [6, 6.07) is 17.5. The predicted octanol–water partition coefficient (Wildman–Crippen LogP) is 3.16. The van der Waals surface area contributed by atoms with Crippen LogP contribution in [-0.4, -0.2) is 27.2 Å². The standard InChI is InChI=1S/C25H17N3O5/c1-15-5-4-12-27-21(29)13-17(26-22(15)27)14-33-25(32)16-8-10-18(11-9-16)28-23(30)19-6-2-3-7-20(19)24(28)31/h2-13H,14H2,1H3. The van der Waals surface area contributed by atoms with Gasteiger partial charge in [0.15, 0.2) is 0 Å². The highest BCUT2D eigenvalue weighted by atomic mass is 16.5. The Balaban J connectivity index is 1.32. The van der Waals surface area contributed by atoms with Gasteiger partial charge in [0.1, 0.15) is 12.3 Å². The molecule has 8 heteroatoms. The molecule has 162 valence electrons. The van der Waals surface area contributed by atoms with Crippen LogP contribution in [0.1, 0.15) is 42.3 Å². The molecule has 0 saturated carbocycles. The monoisotopic (exact) mass is 439 g/mol. The van der Waals surface area contributed by atoms with E-state index in [0.29, 0.717) is 28.2 Å². The maximum absolute atomic E-state index is 12.6. The van der Waals surface area contributed by atoms with Gasteiger partial charge in [-0.2, -0.15) is 0 Å². The van der Waals surface area contributed by atoms with E-state index in [0.717, 1.165) is 10.5 Å². The lowest BCUT2D eigenvalue weighted by atomic mass is 10.1. The Morgan fingerprint density at radius 1 is 0.909 bits per heavy atom. The van der Waals surface area contributed by atoms with Gasteiger partial charge in [-0.15, -0.1) is 0 Å². The van der Waals surface area contributed by atoms with E-state index in [2.05, 4.69) is 4.98 Å². The molecule has 2 aromatic carbocycles. The second-order valence-electron chi connectivity index (χ2n) is 7.58. The minimum absolute atomic E-state index is 0.168. The summed E-state index contributed by atoms with van der Waals surface area (Å²) in [6.07, 6.45) is 1.63. The average Bonchev–Trinajstić information content (AvgIpc) is 3.08. The fraction of sp³-hybridized carbons (Fsp3) is 0.0800. The number of imide groups is 1. The highest BCUT2D eigenvalue weighted by Gasteiger charge is 2.36. The smallest absolute Gasteiger partial charge is 0.338 e. The normalized spacial score (nSPS) is 12.8. The van der Waals surface area contributed by atoms with Crippen molar-refractivity contribution in [2.24, 2.45) is 0 Å². The van der Waals surface area contributed by atoms with Gasteiger partial charge in [0.2, 0.25) is 0 Å². The van der Waals surface area contributed by atoms with Crippen LogP contribution in [-0.2, 0) is 11.3 Å². The number of fused-ring (bicyclic) bond motifs is 2.